The smallest absolute Gasteiger partial charge is 0.336 e. The van der Waals surface area contributed by atoms with E-state index in [1.165, 1.54) is 22.1 Å². The summed E-state index contributed by atoms with van der Waals surface area (Å²) in [6, 6.07) is 23.9. The quantitative estimate of drug-likeness (QED) is 0.349. The summed E-state index contributed by atoms with van der Waals surface area (Å²) in [4.78, 5) is 40.8. The van der Waals surface area contributed by atoms with Crippen molar-refractivity contribution < 1.29 is 14.0 Å². The molecule has 1 unspecified atom stereocenters. The van der Waals surface area contributed by atoms with Crippen molar-refractivity contribution in [2.45, 2.75) is 37.8 Å². The molecule has 0 spiro atoms. The Morgan fingerprint density at radius 1 is 0.857 bits per heavy atom. The van der Waals surface area contributed by atoms with E-state index in [2.05, 4.69) is 5.32 Å². The molecule has 3 aromatic carbocycles. The highest BCUT2D eigenvalue weighted by atomic mass is 16.4. The number of urea groups is 1. The lowest BCUT2D eigenvalue weighted by molar-refractivity contribution is -0.132. The van der Waals surface area contributed by atoms with E-state index >= 15 is 0 Å². The van der Waals surface area contributed by atoms with E-state index in [0.29, 0.717) is 17.6 Å². The average molecular weight is 465 g/mol. The number of aryl methyl sites for hydroxylation is 2. The molecular weight excluding hydrogens is 440 g/mol. The number of fused-ring (bicyclic) bond motifs is 2. The van der Waals surface area contributed by atoms with Crippen LogP contribution in [0.1, 0.15) is 34.2 Å². The summed E-state index contributed by atoms with van der Waals surface area (Å²) in [5, 5.41) is 3.76. The summed E-state index contributed by atoms with van der Waals surface area (Å²) in [7, 11) is 0. The predicted molar refractivity (Wildman–Crippen MR) is 132 cm³/mol. The van der Waals surface area contributed by atoms with E-state index in [4.69, 9.17) is 4.42 Å². The van der Waals surface area contributed by atoms with Crippen LogP contribution in [0.25, 0.3) is 11.0 Å². The minimum absolute atomic E-state index is 0.00503. The van der Waals surface area contributed by atoms with Crippen molar-refractivity contribution in [3.63, 3.8) is 0 Å². The van der Waals surface area contributed by atoms with E-state index < -0.39 is 17.2 Å². The van der Waals surface area contributed by atoms with Gasteiger partial charge in [-0.2, -0.15) is 0 Å². The molecule has 1 atom stereocenters. The summed E-state index contributed by atoms with van der Waals surface area (Å²) in [5.74, 6) is -0.333. The molecule has 1 fully saturated rings. The third-order valence-corrected chi connectivity index (χ3v) is 7.13. The molecule has 1 aromatic heterocycles. The van der Waals surface area contributed by atoms with Gasteiger partial charge >= 0.3 is 11.7 Å². The third-order valence-electron chi connectivity index (χ3n) is 7.13. The van der Waals surface area contributed by atoms with Crippen molar-refractivity contribution in [1.82, 2.24) is 10.2 Å². The van der Waals surface area contributed by atoms with E-state index in [-0.39, 0.29) is 12.5 Å². The summed E-state index contributed by atoms with van der Waals surface area (Å²) >= 11 is 0. The van der Waals surface area contributed by atoms with Crippen molar-refractivity contribution in [3.05, 3.63) is 117 Å². The van der Waals surface area contributed by atoms with Crippen LogP contribution in [-0.2, 0) is 36.1 Å². The zero-order chi connectivity index (χ0) is 24.0. The van der Waals surface area contributed by atoms with Crippen LogP contribution < -0.4 is 10.9 Å². The fourth-order valence-electron chi connectivity index (χ4n) is 5.41. The lowest BCUT2D eigenvalue weighted by Gasteiger charge is -2.27. The van der Waals surface area contributed by atoms with Gasteiger partial charge in [-0.25, -0.2) is 9.59 Å². The lowest BCUT2D eigenvalue weighted by atomic mass is 9.83. The number of amides is 3. The predicted octanol–water partition coefficient (Wildman–Crippen LogP) is 4.47. The number of rotatable bonds is 5. The van der Waals surface area contributed by atoms with Gasteiger partial charge in [-0.1, -0.05) is 60.7 Å². The number of nitrogens with zero attached hydrogens (tertiary/aromatic N) is 1. The number of benzene rings is 3. The van der Waals surface area contributed by atoms with Crippen molar-refractivity contribution in [2.24, 2.45) is 0 Å². The number of carbonyl (C=O) groups excluding carboxylic acids is 2. The molecule has 6 heteroatoms. The highest BCUT2D eigenvalue weighted by molar-refractivity contribution is 6.07. The van der Waals surface area contributed by atoms with Crippen molar-refractivity contribution >= 4 is 22.9 Å². The molecule has 174 valence electrons. The maximum Gasteiger partial charge on any atom is 0.336 e. The van der Waals surface area contributed by atoms with Crippen LogP contribution in [-0.4, -0.2) is 16.8 Å². The first kappa shape index (κ1) is 21.4. The summed E-state index contributed by atoms with van der Waals surface area (Å²) in [6.45, 7) is -0.00503. The van der Waals surface area contributed by atoms with Gasteiger partial charge in [0.2, 0.25) is 0 Å². The molecule has 2 heterocycles. The molecule has 0 radical (unpaired) electrons. The Kier molecular flexibility index (Phi) is 5.02. The monoisotopic (exact) mass is 464 g/mol. The number of imide groups is 1. The Morgan fingerprint density at radius 3 is 2.29 bits per heavy atom. The SMILES string of the molecule is O=C1NC(Cc2ccccc2)(c2ccccc2)C(=O)N1Cc1cc(=O)oc2cc3c(cc12)CCC3. The van der Waals surface area contributed by atoms with Gasteiger partial charge in [0.25, 0.3) is 5.91 Å². The molecule has 4 aromatic rings. The molecule has 1 saturated heterocycles. The molecular formula is C29H24N2O4. The molecule has 6 rings (SSSR count). The highest BCUT2D eigenvalue weighted by Gasteiger charge is 2.52. The summed E-state index contributed by atoms with van der Waals surface area (Å²) < 4.78 is 5.48. The van der Waals surface area contributed by atoms with Gasteiger partial charge in [0, 0.05) is 17.9 Å². The lowest BCUT2D eigenvalue weighted by Crippen LogP contribution is -2.46. The van der Waals surface area contributed by atoms with Gasteiger partial charge in [0.05, 0.1) is 6.54 Å². The molecule has 0 saturated carbocycles. The molecule has 1 aliphatic heterocycles. The maximum atomic E-state index is 14.0. The van der Waals surface area contributed by atoms with Crippen LogP contribution in [0.2, 0.25) is 0 Å². The van der Waals surface area contributed by atoms with Crippen LogP contribution in [0.15, 0.2) is 88.1 Å². The first-order chi connectivity index (χ1) is 17.0. The number of hydrogen-bond acceptors (Lipinski definition) is 4. The Hall–Kier alpha value is -4.19. The van der Waals surface area contributed by atoms with Crippen LogP contribution >= 0.6 is 0 Å². The minimum atomic E-state index is -1.23. The average Bonchev–Trinajstić information content (AvgIpc) is 3.42. The normalized spacial score (nSPS) is 19.3. The Bertz CT molecular complexity index is 1510. The second-order valence-corrected chi connectivity index (χ2v) is 9.32. The van der Waals surface area contributed by atoms with Crippen LogP contribution in [0.3, 0.4) is 0 Å². The van der Waals surface area contributed by atoms with E-state index in [1.54, 1.807) is 0 Å². The van der Waals surface area contributed by atoms with E-state index in [1.807, 2.05) is 72.8 Å². The Balaban J connectivity index is 1.42. The third kappa shape index (κ3) is 3.62. The van der Waals surface area contributed by atoms with Gasteiger partial charge < -0.3 is 9.73 Å². The van der Waals surface area contributed by atoms with Crippen LogP contribution in [0.5, 0.6) is 0 Å². The fraction of sp³-hybridized carbons (Fsp3) is 0.207. The summed E-state index contributed by atoms with van der Waals surface area (Å²) in [6.07, 6.45) is 3.33. The Morgan fingerprint density at radius 2 is 1.54 bits per heavy atom. The molecule has 1 N–H and O–H groups in total. The van der Waals surface area contributed by atoms with Gasteiger partial charge in [0.1, 0.15) is 5.58 Å². The Labute approximate surface area is 202 Å². The van der Waals surface area contributed by atoms with Gasteiger partial charge in [-0.05, 0) is 59.2 Å². The molecule has 6 nitrogen and oxygen atoms in total. The molecule has 0 bridgehead atoms. The topological polar surface area (TPSA) is 79.6 Å². The molecule has 3 amide bonds. The fourth-order valence-corrected chi connectivity index (χ4v) is 5.41. The van der Waals surface area contributed by atoms with Crippen LogP contribution in [0.4, 0.5) is 4.79 Å². The van der Waals surface area contributed by atoms with Gasteiger partial charge in [-0.15, -0.1) is 0 Å². The number of nitrogens with one attached hydrogen (secondary N) is 1. The summed E-state index contributed by atoms with van der Waals surface area (Å²) in [5.41, 5.74) is 3.48. The molecule has 2 aliphatic rings. The maximum absolute atomic E-state index is 14.0. The zero-order valence-corrected chi connectivity index (χ0v) is 19.1. The number of hydrogen-bond donors (Lipinski definition) is 1. The largest absolute Gasteiger partial charge is 0.423 e. The standard InChI is InChI=1S/C29H24N2O4/c32-26-16-22(24-14-20-10-7-11-21(20)15-25(24)35-26)18-31-27(33)29(30-28(31)34,23-12-5-2-6-13-23)17-19-8-3-1-4-9-19/h1-6,8-9,12-16H,7,10-11,17-18H2,(H,30,34). The van der Waals surface area contributed by atoms with Crippen LogP contribution in [0, 0.1) is 0 Å². The second-order valence-electron chi connectivity index (χ2n) is 9.32. The second kappa shape index (κ2) is 8.24. The highest BCUT2D eigenvalue weighted by Crippen LogP contribution is 2.35. The van der Waals surface area contributed by atoms with E-state index in [0.717, 1.165) is 35.8 Å². The minimum Gasteiger partial charge on any atom is -0.423 e. The van der Waals surface area contributed by atoms with Gasteiger partial charge in [-0.3, -0.25) is 9.69 Å². The molecule has 35 heavy (non-hydrogen) atoms. The molecule has 1 aliphatic carbocycles. The first-order valence-electron chi connectivity index (χ1n) is 11.9. The zero-order valence-electron chi connectivity index (χ0n) is 19.1. The van der Waals surface area contributed by atoms with Crippen molar-refractivity contribution in [2.75, 3.05) is 0 Å². The van der Waals surface area contributed by atoms with Gasteiger partial charge in [0.15, 0.2) is 5.54 Å². The van der Waals surface area contributed by atoms with E-state index in [9.17, 15) is 14.4 Å². The van der Waals surface area contributed by atoms with Crippen molar-refractivity contribution in [3.8, 4) is 0 Å². The number of carbonyl (C=O) groups is 2. The van der Waals surface area contributed by atoms with Crippen molar-refractivity contribution in [1.29, 1.82) is 0 Å². The first-order valence-corrected chi connectivity index (χ1v) is 11.9.